The molecule has 0 aliphatic heterocycles. The maximum atomic E-state index is 6.77. The Balaban J connectivity index is 1.14. The topological polar surface area (TPSA) is 18.1 Å². The van der Waals surface area contributed by atoms with E-state index in [9.17, 15) is 0 Å². The van der Waals surface area contributed by atoms with Gasteiger partial charge in [0.1, 0.15) is 11.2 Å². The molecule has 0 radical (unpaired) electrons. The summed E-state index contributed by atoms with van der Waals surface area (Å²) >= 11 is 0. The first-order chi connectivity index (χ1) is 23.1. The number of aromatic nitrogens is 1. The van der Waals surface area contributed by atoms with Gasteiger partial charge in [0, 0.05) is 38.2 Å². The molecule has 0 spiro atoms. The predicted octanol–water partition coefficient (Wildman–Crippen LogP) is 12.3. The van der Waals surface area contributed by atoms with Crippen LogP contribution in [0.25, 0.3) is 82.8 Å². The van der Waals surface area contributed by atoms with Crippen LogP contribution in [0.5, 0.6) is 0 Å². The molecule has 2 heterocycles. The van der Waals surface area contributed by atoms with Crippen LogP contribution in [-0.4, -0.2) is 4.57 Å². The maximum absolute atomic E-state index is 6.77. The Morgan fingerprint density at radius 3 is 2.00 bits per heavy atom. The van der Waals surface area contributed by atoms with Crippen LogP contribution in [0, 0.1) is 0 Å². The van der Waals surface area contributed by atoms with E-state index in [1.807, 2.05) is 0 Å². The molecule has 222 valence electrons. The van der Waals surface area contributed by atoms with Crippen molar-refractivity contribution in [2.24, 2.45) is 0 Å². The van der Waals surface area contributed by atoms with Crippen LogP contribution < -0.4 is 0 Å². The van der Waals surface area contributed by atoms with E-state index in [2.05, 4.69) is 170 Å². The second-order valence-electron chi connectivity index (χ2n) is 13.3. The fraction of sp³-hybridized carbons (Fsp3) is 0.0667. The lowest BCUT2D eigenvalue weighted by Crippen LogP contribution is -2.14. The highest BCUT2D eigenvalue weighted by Crippen LogP contribution is 2.51. The lowest BCUT2D eigenvalue weighted by molar-refractivity contribution is 0.648. The number of fused-ring (bicyclic) bond motifs is 9. The highest BCUT2D eigenvalue weighted by atomic mass is 16.3. The lowest BCUT2D eigenvalue weighted by Gasteiger charge is -2.21. The van der Waals surface area contributed by atoms with Crippen LogP contribution >= 0.6 is 0 Å². The van der Waals surface area contributed by atoms with Gasteiger partial charge in [-0.3, -0.25) is 0 Å². The molecule has 0 bridgehead atoms. The molecule has 2 heteroatoms. The van der Waals surface area contributed by atoms with E-state index in [1.165, 1.54) is 60.6 Å². The monoisotopic (exact) mass is 601 g/mol. The predicted molar refractivity (Wildman–Crippen MR) is 196 cm³/mol. The molecule has 0 fully saturated rings. The second kappa shape index (κ2) is 9.57. The van der Waals surface area contributed by atoms with Gasteiger partial charge in [-0.15, -0.1) is 0 Å². The summed E-state index contributed by atoms with van der Waals surface area (Å²) in [5, 5.41) is 4.80. The maximum Gasteiger partial charge on any atom is 0.143 e. The first-order valence-electron chi connectivity index (χ1n) is 16.4. The van der Waals surface area contributed by atoms with Gasteiger partial charge >= 0.3 is 0 Å². The number of para-hydroxylation sites is 2. The van der Waals surface area contributed by atoms with Crippen LogP contribution in [0.3, 0.4) is 0 Å². The van der Waals surface area contributed by atoms with Crippen LogP contribution in [0.15, 0.2) is 156 Å². The van der Waals surface area contributed by atoms with Crippen LogP contribution in [0.4, 0.5) is 0 Å². The third-order valence-corrected chi connectivity index (χ3v) is 10.4. The summed E-state index contributed by atoms with van der Waals surface area (Å²) in [6.07, 6.45) is 0. The molecule has 10 rings (SSSR count). The number of nitrogens with zero attached hydrogens (tertiary/aromatic N) is 1. The molecule has 1 aliphatic rings. The van der Waals surface area contributed by atoms with E-state index in [-0.39, 0.29) is 5.41 Å². The summed E-state index contributed by atoms with van der Waals surface area (Å²) < 4.78 is 9.15. The van der Waals surface area contributed by atoms with E-state index in [1.54, 1.807) is 0 Å². The average molecular weight is 602 g/mol. The van der Waals surface area contributed by atoms with Crippen LogP contribution in [0.1, 0.15) is 25.0 Å². The number of hydrogen-bond donors (Lipinski definition) is 0. The number of hydrogen-bond acceptors (Lipinski definition) is 1. The van der Waals surface area contributed by atoms with E-state index >= 15 is 0 Å². The minimum absolute atomic E-state index is 0.0664. The van der Waals surface area contributed by atoms with Crippen molar-refractivity contribution >= 4 is 43.7 Å². The summed E-state index contributed by atoms with van der Waals surface area (Å²) in [5.74, 6) is 0. The zero-order chi connectivity index (χ0) is 31.3. The Kier molecular flexibility index (Phi) is 5.37. The fourth-order valence-corrected chi connectivity index (χ4v) is 8.07. The van der Waals surface area contributed by atoms with Crippen molar-refractivity contribution in [2.75, 3.05) is 0 Å². The molecule has 0 unspecified atom stereocenters. The van der Waals surface area contributed by atoms with Crippen LogP contribution in [0.2, 0.25) is 0 Å². The molecule has 7 aromatic carbocycles. The van der Waals surface area contributed by atoms with Crippen LogP contribution in [-0.2, 0) is 5.41 Å². The van der Waals surface area contributed by atoms with E-state index in [0.29, 0.717) is 0 Å². The van der Waals surface area contributed by atoms with Crippen molar-refractivity contribution in [2.45, 2.75) is 19.3 Å². The van der Waals surface area contributed by atoms with Crippen molar-refractivity contribution in [3.05, 3.63) is 163 Å². The third kappa shape index (κ3) is 3.73. The third-order valence-electron chi connectivity index (χ3n) is 10.4. The highest BCUT2D eigenvalue weighted by molar-refractivity contribution is 6.14. The molecule has 0 saturated carbocycles. The summed E-state index contributed by atoms with van der Waals surface area (Å²) in [5.41, 5.74) is 15.4. The van der Waals surface area contributed by atoms with Gasteiger partial charge in [-0.1, -0.05) is 123 Å². The molecule has 9 aromatic rings. The number of furan rings is 1. The summed E-state index contributed by atoms with van der Waals surface area (Å²) in [6, 6.07) is 55.0. The van der Waals surface area contributed by atoms with Crippen molar-refractivity contribution in [1.82, 2.24) is 4.57 Å². The van der Waals surface area contributed by atoms with Crippen molar-refractivity contribution in [1.29, 1.82) is 0 Å². The van der Waals surface area contributed by atoms with Gasteiger partial charge < -0.3 is 8.98 Å². The van der Waals surface area contributed by atoms with Gasteiger partial charge in [-0.05, 0) is 81.4 Å². The lowest BCUT2D eigenvalue weighted by atomic mass is 9.82. The van der Waals surface area contributed by atoms with Gasteiger partial charge in [-0.25, -0.2) is 0 Å². The smallest absolute Gasteiger partial charge is 0.143 e. The zero-order valence-electron chi connectivity index (χ0n) is 26.3. The van der Waals surface area contributed by atoms with Gasteiger partial charge in [0.2, 0.25) is 0 Å². The molecule has 2 aromatic heterocycles. The molecule has 1 aliphatic carbocycles. The highest BCUT2D eigenvalue weighted by Gasteiger charge is 2.36. The molecule has 0 amide bonds. The number of benzene rings is 7. The fourth-order valence-electron chi connectivity index (χ4n) is 8.07. The Morgan fingerprint density at radius 1 is 0.447 bits per heavy atom. The van der Waals surface area contributed by atoms with E-state index < -0.39 is 0 Å². The first-order valence-corrected chi connectivity index (χ1v) is 16.4. The normalized spacial score (nSPS) is 13.5. The van der Waals surface area contributed by atoms with Crippen molar-refractivity contribution in [3.63, 3.8) is 0 Å². The van der Waals surface area contributed by atoms with Gasteiger partial charge in [0.25, 0.3) is 0 Å². The Labute approximate surface area is 273 Å². The molecule has 0 saturated heterocycles. The van der Waals surface area contributed by atoms with Gasteiger partial charge in [0.05, 0.1) is 11.0 Å². The molecule has 0 atom stereocenters. The van der Waals surface area contributed by atoms with Crippen molar-refractivity contribution < 1.29 is 4.42 Å². The number of rotatable bonds is 3. The summed E-state index contributed by atoms with van der Waals surface area (Å²) in [4.78, 5) is 0. The Morgan fingerprint density at radius 2 is 1.13 bits per heavy atom. The van der Waals surface area contributed by atoms with E-state index in [4.69, 9.17) is 4.42 Å². The van der Waals surface area contributed by atoms with Gasteiger partial charge in [0.15, 0.2) is 0 Å². The molecule has 0 N–H and O–H groups in total. The Bertz CT molecular complexity index is 2690. The SMILES string of the molecule is CC1(C)c2ccccc2-c2cc3c(cc21)oc1c(-c2ccc4c(c2)c2ccccc2n4-c2ccc(-c4ccccc4)cc2)cccc13. The Hall–Kier alpha value is -5.86. The quantitative estimate of drug-likeness (QED) is 0.197. The summed E-state index contributed by atoms with van der Waals surface area (Å²) in [6.45, 7) is 4.64. The van der Waals surface area contributed by atoms with Crippen molar-refractivity contribution in [3.8, 4) is 39.1 Å². The molecular formula is C45H31NO. The minimum Gasteiger partial charge on any atom is -0.455 e. The van der Waals surface area contributed by atoms with Gasteiger partial charge in [-0.2, -0.15) is 0 Å². The van der Waals surface area contributed by atoms with E-state index in [0.717, 1.165) is 33.4 Å². The summed E-state index contributed by atoms with van der Waals surface area (Å²) in [7, 11) is 0. The standard InChI is InChI=1S/C45H31NO/c1-45(2)39-17-8-6-13-33(39)36-26-38-35-16-10-15-32(44(35)47-43(38)27-40(36)45)30-21-24-42-37(25-30)34-14-7-9-18-41(34)46(42)31-22-19-29(20-23-31)28-11-4-3-5-12-28/h3-27H,1-2H3. The zero-order valence-corrected chi connectivity index (χ0v) is 26.3. The minimum atomic E-state index is -0.0664. The average Bonchev–Trinajstić information content (AvgIpc) is 3.73. The molecule has 2 nitrogen and oxygen atoms in total. The first kappa shape index (κ1) is 26.4. The second-order valence-corrected chi connectivity index (χ2v) is 13.3. The molecule has 47 heavy (non-hydrogen) atoms. The largest absolute Gasteiger partial charge is 0.455 e. The molecular weight excluding hydrogens is 571 g/mol.